The zero-order chi connectivity index (χ0) is 6.81. The SMILES string of the molecule is C1=[NH+]Cc2ccccc2N1.[Cl-]. The van der Waals surface area contributed by atoms with Crippen molar-refractivity contribution >= 4 is 12.0 Å². The molecule has 0 saturated heterocycles. The molecule has 0 atom stereocenters. The number of hydrogen-bond donors (Lipinski definition) is 2. The van der Waals surface area contributed by atoms with E-state index in [1.54, 1.807) is 0 Å². The molecule has 0 radical (unpaired) electrons. The topological polar surface area (TPSA) is 26.0 Å². The predicted molar refractivity (Wildman–Crippen MR) is 40.8 cm³/mol. The lowest BCUT2D eigenvalue weighted by atomic mass is 10.1. The molecular formula is C8H9ClN2. The number of anilines is 1. The Labute approximate surface area is 71.8 Å². The van der Waals surface area contributed by atoms with Crippen LogP contribution in [0, 0.1) is 0 Å². The summed E-state index contributed by atoms with van der Waals surface area (Å²) in [7, 11) is 0. The number of rotatable bonds is 0. The van der Waals surface area contributed by atoms with Crippen LogP contribution in [0.15, 0.2) is 24.3 Å². The van der Waals surface area contributed by atoms with E-state index < -0.39 is 0 Å². The van der Waals surface area contributed by atoms with Crippen molar-refractivity contribution in [3.8, 4) is 0 Å². The van der Waals surface area contributed by atoms with Gasteiger partial charge in [0.15, 0.2) is 0 Å². The zero-order valence-electron chi connectivity index (χ0n) is 5.97. The van der Waals surface area contributed by atoms with Crippen LogP contribution in [-0.2, 0) is 6.54 Å². The number of hydrogen-bond acceptors (Lipinski definition) is 1. The molecule has 2 nitrogen and oxygen atoms in total. The van der Waals surface area contributed by atoms with Gasteiger partial charge < -0.3 is 12.4 Å². The summed E-state index contributed by atoms with van der Waals surface area (Å²) in [5.74, 6) is 0. The van der Waals surface area contributed by atoms with Crippen LogP contribution in [0.25, 0.3) is 0 Å². The van der Waals surface area contributed by atoms with Crippen LogP contribution in [0.1, 0.15) is 5.56 Å². The molecule has 2 rings (SSSR count). The molecule has 1 aromatic carbocycles. The first-order chi connectivity index (χ1) is 4.97. The van der Waals surface area contributed by atoms with Crippen LogP contribution in [0.3, 0.4) is 0 Å². The molecule has 11 heavy (non-hydrogen) atoms. The molecule has 0 bridgehead atoms. The van der Waals surface area contributed by atoms with Gasteiger partial charge in [-0.25, -0.2) is 5.32 Å². The van der Waals surface area contributed by atoms with E-state index in [4.69, 9.17) is 0 Å². The van der Waals surface area contributed by atoms with Gasteiger partial charge in [-0.3, -0.25) is 4.99 Å². The van der Waals surface area contributed by atoms with Gasteiger partial charge in [0, 0.05) is 5.56 Å². The van der Waals surface area contributed by atoms with Crippen molar-refractivity contribution in [1.29, 1.82) is 0 Å². The molecule has 2 N–H and O–H groups in total. The van der Waals surface area contributed by atoms with Gasteiger partial charge in [0.2, 0.25) is 6.34 Å². The summed E-state index contributed by atoms with van der Waals surface area (Å²) in [5.41, 5.74) is 2.53. The summed E-state index contributed by atoms with van der Waals surface area (Å²) in [6.07, 6.45) is 1.86. The first-order valence-corrected chi connectivity index (χ1v) is 3.36. The number of fused-ring (bicyclic) bond motifs is 1. The van der Waals surface area contributed by atoms with Crippen LogP contribution in [0.4, 0.5) is 5.69 Å². The Morgan fingerprint density at radius 1 is 1.27 bits per heavy atom. The second-order valence-corrected chi connectivity index (χ2v) is 2.33. The first kappa shape index (κ1) is 8.08. The van der Waals surface area contributed by atoms with E-state index in [1.165, 1.54) is 11.3 Å². The number of nitrogens with one attached hydrogen (secondary N) is 2. The molecule has 0 aromatic heterocycles. The summed E-state index contributed by atoms with van der Waals surface area (Å²) in [6.45, 7) is 0.934. The average Bonchev–Trinajstić information content (AvgIpc) is 2.05. The molecule has 1 aliphatic rings. The summed E-state index contributed by atoms with van der Waals surface area (Å²) >= 11 is 0. The highest BCUT2D eigenvalue weighted by Crippen LogP contribution is 2.12. The molecule has 0 spiro atoms. The number of halogens is 1. The molecule has 0 fully saturated rings. The highest BCUT2D eigenvalue weighted by molar-refractivity contribution is 5.74. The van der Waals surface area contributed by atoms with E-state index in [2.05, 4.69) is 22.4 Å². The van der Waals surface area contributed by atoms with E-state index in [1.807, 2.05) is 18.5 Å². The van der Waals surface area contributed by atoms with Crippen LogP contribution in [-0.4, -0.2) is 6.34 Å². The van der Waals surface area contributed by atoms with Crippen LogP contribution >= 0.6 is 0 Å². The Balaban J connectivity index is 0.000000605. The highest BCUT2D eigenvalue weighted by atomic mass is 35.5. The minimum Gasteiger partial charge on any atom is -1.00 e. The highest BCUT2D eigenvalue weighted by Gasteiger charge is 2.06. The second-order valence-electron chi connectivity index (χ2n) is 2.33. The Kier molecular flexibility index (Phi) is 2.49. The lowest BCUT2D eigenvalue weighted by Gasteiger charge is -2.04. The summed E-state index contributed by atoms with van der Waals surface area (Å²) in [4.78, 5) is 3.10. The fourth-order valence-electron chi connectivity index (χ4n) is 1.11. The average molecular weight is 169 g/mol. The van der Waals surface area contributed by atoms with E-state index in [0.29, 0.717) is 0 Å². The second kappa shape index (κ2) is 3.39. The monoisotopic (exact) mass is 168 g/mol. The Morgan fingerprint density at radius 3 is 2.91 bits per heavy atom. The van der Waals surface area contributed by atoms with Gasteiger partial charge in [-0.1, -0.05) is 18.2 Å². The van der Waals surface area contributed by atoms with E-state index in [-0.39, 0.29) is 12.4 Å². The fraction of sp³-hybridized carbons (Fsp3) is 0.125. The minimum absolute atomic E-state index is 0. The van der Waals surface area contributed by atoms with Gasteiger partial charge in [-0.05, 0) is 6.07 Å². The van der Waals surface area contributed by atoms with E-state index in [0.717, 1.165) is 6.54 Å². The first-order valence-electron chi connectivity index (χ1n) is 3.36. The molecule has 0 unspecified atom stereocenters. The number of benzene rings is 1. The van der Waals surface area contributed by atoms with Crippen molar-refractivity contribution in [2.75, 3.05) is 5.32 Å². The smallest absolute Gasteiger partial charge is 0.235 e. The van der Waals surface area contributed by atoms with Gasteiger partial charge in [0.1, 0.15) is 12.2 Å². The Bertz CT molecular complexity index is 244. The normalized spacial score (nSPS) is 12.7. The summed E-state index contributed by atoms with van der Waals surface area (Å²) in [6, 6.07) is 8.27. The van der Waals surface area contributed by atoms with Crippen molar-refractivity contribution in [2.24, 2.45) is 0 Å². The quantitative estimate of drug-likeness (QED) is 0.418. The van der Waals surface area contributed by atoms with Crippen molar-refractivity contribution in [1.82, 2.24) is 0 Å². The minimum atomic E-state index is 0. The van der Waals surface area contributed by atoms with E-state index in [9.17, 15) is 0 Å². The van der Waals surface area contributed by atoms with Gasteiger partial charge in [0.25, 0.3) is 0 Å². The van der Waals surface area contributed by atoms with Gasteiger partial charge >= 0.3 is 0 Å². The predicted octanol–water partition coefficient (Wildman–Crippen LogP) is -3.27. The molecule has 3 heteroatoms. The lowest BCUT2D eigenvalue weighted by molar-refractivity contribution is -0.471. The molecule has 0 amide bonds. The van der Waals surface area contributed by atoms with Gasteiger partial charge in [-0.2, -0.15) is 0 Å². The molecule has 1 aliphatic heterocycles. The molecular weight excluding hydrogens is 160 g/mol. The van der Waals surface area contributed by atoms with Crippen molar-refractivity contribution in [2.45, 2.75) is 6.54 Å². The van der Waals surface area contributed by atoms with Crippen LogP contribution < -0.4 is 22.7 Å². The molecule has 1 aromatic rings. The number of para-hydroxylation sites is 1. The maximum absolute atomic E-state index is 3.13. The van der Waals surface area contributed by atoms with Gasteiger partial charge in [0.05, 0.1) is 0 Å². The van der Waals surface area contributed by atoms with Crippen LogP contribution in [0.2, 0.25) is 0 Å². The fourth-order valence-corrected chi connectivity index (χ4v) is 1.11. The lowest BCUT2D eigenvalue weighted by Crippen LogP contribution is -3.00. The van der Waals surface area contributed by atoms with Crippen molar-refractivity contribution in [3.63, 3.8) is 0 Å². The summed E-state index contributed by atoms with van der Waals surface area (Å²) in [5, 5.41) is 3.13. The maximum Gasteiger partial charge on any atom is 0.235 e. The van der Waals surface area contributed by atoms with Crippen molar-refractivity contribution in [3.05, 3.63) is 29.8 Å². The molecule has 1 heterocycles. The molecule has 0 saturated carbocycles. The Hall–Kier alpha value is -1.02. The third-order valence-electron chi connectivity index (χ3n) is 1.64. The summed E-state index contributed by atoms with van der Waals surface area (Å²) < 4.78 is 0. The third kappa shape index (κ3) is 1.52. The van der Waals surface area contributed by atoms with Crippen molar-refractivity contribution < 1.29 is 17.4 Å². The standard InChI is InChI=1S/C8H8N2.ClH/c1-2-4-8-7(3-1)5-9-6-10-8;/h1-4,6H,5H2,(H,9,10);1H. The maximum atomic E-state index is 3.13. The largest absolute Gasteiger partial charge is 1.00 e. The third-order valence-corrected chi connectivity index (χ3v) is 1.64. The van der Waals surface area contributed by atoms with E-state index >= 15 is 0 Å². The molecule has 0 aliphatic carbocycles. The van der Waals surface area contributed by atoms with Gasteiger partial charge in [-0.15, -0.1) is 0 Å². The Morgan fingerprint density at radius 2 is 2.09 bits per heavy atom. The van der Waals surface area contributed by atoms with Crippen LogP contribution in [0.5, 0.6) is 0 Å². The zero-order valence-corrected chi connectivity index (χ0v) is 6.73. The molecule has 58 valence electrons.